The summed E-state index contributed by atoms with van der Waals surface area (Å²) >= 11 is 7.03. The van der Waals surface area contributed by atoms with Crippen molar-refractivity contribution in [1.29, 1.82) is 0 Å². The molecule has 0 unspecified atom stereocenters. The van der Waals surface area contributed by atoms with Gasteiger partial charge in [-0.2, -0.15) is 0 Å². The molecule has 0 amide bonds. The SMILES string of the molecule is Cc1cc(Br)c(C(=O)C2Cc3ccccc3C2)cc1Br. The van der Waals surface area contributed by atoms with Gasteiger partial charge in [-0.3, -0.25) is 4.79 Å². The maximum absolute atomic E-state index is 12.7. The summed E-state index contributed by atoms with van der Waals surface area (Å²) in [6.45, 7) is 2.02. The monoisotopic (exact) mass is 392 g/mol. The van der Waals surface area contributed by atoms with Crippen molar-refractivity contribution in [2.24, 2.45) is 5.92 Å². The lowest BCUT2D eigenvalue weighted by molar-refractivity contribution is 0.0924. The molecule has 0 saturated heterocycles. The first-order chi connectivity index (χ1) is 9.56. The van der Waals surface area contributed by atoms with E-state index in [9.17, 15) is 4.79 Å². The van der Waals surface area contributed by atoms with Crippen LogP contribution in [0.1, 0.15) is 27.0 Å². The van der Waals surface area contributed by atoms with E-state index in [-0.39, 0.29) is 11.7 Å². The van der Waals surface area contributed by atoms with Crippen LogP contribution < -0.4 is 0 Å². The smallest absolute Gasteiger partial charge is 0.167 e. The molecular weight excluding hydrogens is 380 g/mol. The molecular formula is C17H14Br2O. The number of Topliss-reactive ketones (excluding diaryl/α,β-unsaturated/α-hetero) is 1. The van der Waals surface area contributed by atoms with Crippen LogP contribution in [0.4, 0.5) is 0 Å². The average molecular weight is 394 g/mol. The molecule has 0 N–H and O–H groups in total. The van der Waals surface area contributed by atoms with Crippen LogP contribution in [-0.4, -0.2) is 5.78 Å². The molecule has 0 aromatic heterocycles. The fourth-order valence-electron chi connectivity index (χ4n) is 2.80. The topological polar surface area (TPSA) is 17.1 Å². The van der Waals surface area contributed by atoms with Crippen molar-refractivity contribution in [1.82, 2.24) is 0 Å². The molecule has 0 fully saturated rings. The van der Waals surface area contributed by atoms with Crippen molar-refractivity contribution >= 4 is 37.6 Å². The number of carbonyl (C=O) groups is 1. The lowest BCUT2D eigenvalue weighted by Crippen LogP contribution is -2.15. The molecule has 2 aromatic carbocycles. The summed E-state index contributed by atoms with van der Waals surface area (Å²) in [5.74, 6) is 0.298. The van der Waals surface area contributed by atoms with Gasteiger partial charge in [0.15, 0.2) is 5.78 Å². The normalized spacial score (nSPS) is 14.3. The molecule has 0 heterocycles. The van der Waals surface area contributed by atoms with E-state index in [1.54, 1.807) is 0 Å². The van der Waals surface area contributed by atoms with Gasteiger partial charge in [0.05, 0.1) is 0 Å². The molecule has 2 aromatic rings. The van der Waals surface area contributed by atoms with E-state index in [4.69, 9.17) is 0 Å². The Kier molecular flexibility index (Phi) is 3.83. The Morgan fingerprint density at radius 2 is 1.65 bits per heavy atom. The van der Waals surface area contributed by atoms with Crippen molar-refractivity contribution in [2.75, 3.05) is 0 Å². The summed E-state index contributed by atoms with van der Waals surface area (Å²) in [5, 5.41) is 0. The first-order valence-electron chi connectivity index (χ1n) is 6.63. The second-order valence-corrected chi connectivity index (χ2v) is 7.03. The zero-order valence-electron chi connectivity index (χ0n) is 11.1. The zero-order valence-corrected chi connectivity index (χ0v) is 14.3. The Labute approximate surface area is 135 Å². The second-order valence-electron chi connectivity index (χ2n) is 5.32. The number of rotatable bonds is 2. The number of benzene rings is 2. The number of ketones is 1. The Balaban J connectivity index is 1.90. The number of aryl methyl sites for hydroxylation is 1. The third kappa shape index (κ3) is 2.49. The predicted molar refractivity (Wildman–Crippen MR) is 88.2 cm³/mol. The van der Waals surface area contributed by atoms with E-state index in [0.717, 1.165) is 32.9 Å². The van der Waals surface area contributed by atoms with E-state index in [2.05, 4.69) is 44.0 Å². The number of halogens is 2. The summed E-state index contributed by atoms with van der Waals surface area (Å²) in [7, 11) is 0. The van der Waals surface area contributed by atoms with E-state index in [0.29, 0.717) is 0 Å². The highest BCUT2D eigenvalue weighted by Crippen LogP contribution is 2.33. The fourth-order valence-corrected chi connectivity index (χ4v) is 3.80. The first-order valence-corrected chi connectivity index (χ1v) is 8.21. The summed E-state index contributed by atoms with van der Waals surface area (Å²) in [6.07, 6.45) is 1.71. The summed E-state index contributed by atoms with van der Waals surface area (Å²) < 4.78 is 1.87. The first kappa shape index (κ1) is 14.0. The van der Waals surface area contributed by atoms with Crippen LogP contribution in [0, 0.1) is 12.8 Å². The Morgan fingerprint density at radius 1 is 1.05 bits per heavy atom. The van der Waals surface area contributed by atoms with Crippen LogP contribution in [0.25, 0.3) is 0 Å². The van der Waals surface area contributed by atoms with E-state index < -0.39 is 0 Å². The molecule has 3 heteroatoms. The highest BCUT2D eigenvalue weighted by atomic mass is 79.9. The Bertz CT molecular complexity index is 666. The van der Waals surface area contributed by atoms with E-state index in [1.807, 2.05) is 31.2 Å². The fraction of sp³-hybridized carbons (Fsp3) is 0.235. The van der Waals surface area contributed by atoms with Gasteiger partial charge in [-0.1, -0.05) is 56.1 Å². The number of hydrogen-bond acceptors (Lipinski definition) is 1. The maximum Gasteiger partial charge on any atom is 0.167 e. The highest BCUT2D eigenvalue weighted by Gasteiger charge is 2.29. The van der Waals surface area contributed by atoms with Crippen LogP contribution >= 0.6 is 31.9 Å². The summed E-state index contributed by atoms with van der Waals surface area (Å²) in [6, 6.07) is 12.3. The van der Waals surface area contributed by atoms with E-state index in [1.165, 1.54) is 11.1 Å². The number of carbonyl (C=O) groups excluding carboxylic acids is 1. The van der Waals surface area contributed by atoms with Crippen LogP contribution in [0.5, 0.6) is 0 Å². The van der Waals surface area contributed by atoms with Crippen LogP contribution in [0.3, 0.4) is 0 Å². The lowest BCUT2D eigenvalue weighted by atomic mass is 9.94. The van der Waals surface area contributed by atoms with Crippen molar-refractivity contribution < 1.29 is 4.79 Å². The number of hydrogen-bond donors (Lipinski definition) is 0. The third-order valence-electron chi connectivity index (χ3n) is 3.94. The van der Waals surface area contributed by atoms with Crippen LogP contribution in [0.15, 0.2) is 45.3 Å². The van der Waals surface area contributed by atoms with E-state index >= 15 is 0 Å². The minimum absolute atomic E-state index is 0.0679. The van der Waals surface area contributed by atoms with Crippen molar-refractivity contribution in [3.05, 3.63) is 67.6 Å². The molecule has 3 rings (SSSR count). The van der Waals surface area contributed by atoms with Gasteiger partial charge in [0.25, 0.3) is 0 Å². The largest absolute Gasteiger partial charge is 0.294 e. The van der Waals surface area contributed by atoms with Gasteiger partial charge in [-0.15, -0.1) is 0 Å². The van der Waals surface area contributed by atoms with Gasteiger partial charge < -0.3 is 0 Å². The van der Waals surface area contributed by atoms with Crippen molar-refractivity contribution in [3.63, 3.8) is 0 Å². The second kappa shape index (κ2) is 5.45. The molecule has 0 spiro atoms. The molecule has 0 bridgehead atoms. The summed E-state index contributed by atoms with van der Waals surface area (Å²) in [4.78, 5) is 12.7. The van der Waals surface area contributed by atoms with Gasteiger partial charge in [-0.05, 0) is 48.6 Å². The lowest BCUT2D eigenvalue weighted by Gasteiger charge is -2.11. The average Bonchev–Trinajstić information content (AvgIpc) is 2.86. The highest BCUT2D eigenvalue weighted by molar-refractivity contribution is 9.11. The maximum atomic E-state index is 12.7. The molecule has 1 aliphatic rings. The van der Waals surface area contributed by atoms with Crippen LogP contribution in [-0.2, 0) is 12.8 Å². The Morgan fingerprint density at radius 3 is 2.25 bits per heavy atom. The van der Waals surface area contributed by atoms with Crippen molar-refractivity contribution in [3.8, 4) is 0 Å². The molecule has 0 saturated carbocycles. The number of fused-ring (bicyclic) bond motifs is 1. The van der Waals surface area contributed by atoms with Crippen LogP contribution in [0.2, 0.25) is 0 Å². The Hall–Kier alpha value is -0.930. The molecule has 1 aliphatic carbocycles. The van der Waals surface area contributed by atoms with Gasteiger partial charge in [-0.25, -0.2) is 0 Å². The molecule has 0 aliphatic heterocycles. The van der Waals surface area contributed by atoms with Gasteiger partial charge in [0.2, 0.25) is 0 Å². The van der Waals surface area contributed by atoms with Crippen molar-refractivity contribution in [2.45, 2.75) is 19.8 Å². The van der Waals surface area contributed by atoms with Gasteiger partial charge >= 0.3 is 0 Å². The zero-order chi connectivity index (χ0) is 14.3. The van der Waals surface area contributed by atoms with Gasteiger partial charge in [0, 0.05) is 20.4 Å². The summed E-state index contributed by atoms with van der Waals surface area (Å²) in [5.41, 5.74) is 4.53. The standard InChI is InChI=1S/C17H14Br2O/c1-10-6-16(19)14(9-15(10)18)17(20)13-7-11-4-2-3-5-12(11)8-13/h2-6,9,13H,7-8H2,1H3. The predicted octanol–water partition coefficient (Wildman–Crippen LogP) is 5.12. The molecule has 0 radical (unpaired) electrons. The minimum Gasteiger partial charge on any atom is -0.294 e. The van der Waals surface area contributed by atoms with Gasteiger partial charge in [0.1, 0.15) is 0 Å². The molecule has 102 valence electrons. The quantitative estimate of drug-likeness (QED) is 0.647. The molecule has 1 nitrogen and oxygen atoms in total. The molecule has 0 atom stereocenters. The molecule has 20 heavy (non-hydrogen) atoms. The third-order valence-corrected chi connectivity index (χ3v) is 5.45. The minimum atomic E-state index is 0.0679.